The number of fused-ring (bicyclic) bond motifs is 1. The van der Waals surface area contributed by atoms with Crippen LogP contribution in [0.2, 0.25) is 0 Å². The van der Waals surface area contributed by atoms with Gasteiger partial charge in [-0.3, -0.25) is 0 Å². The van der Waals surface area contributed by atoms with E-state index >= 15 is 0 Å². The predicted octanol–water partition coefficient (Wildman–Crippen LogP) is 2.73. The van der Waals surface area contributed by atoms with Gasteiger partial charge in [0.25, 0.3) is 10.0 Å². The van der Waals surface area contributed by atoms with E-state index in [1.165, 1.54) is 15.9 Å². The summed E-state index contributed by atoms with van der Waals surface area (Å²) < 4.78 is 30.0. The third-order valence-corrected chi connectivity index (χ3v) is 7.52. The van der Waals surface area contributed by atoms with E-state index < -0.39 is 10.0 Å². The van der Waals surface area contributed by atoms with Crippen molar-refractivity contribution in [1.29, 1.82) is 0 Å². The Bertz CT molecular complexity index is 1050. The second-order valence-corrected chi connectivity index (χ2v) is 10.0. The number of imidazole rings is 1. The van der Waals surface area contributed by atoms with Gasteiger partial charge in [0.2, 0.25) is 4.96 Å². The molecule has 1 aliphatic heterocycles. The van der Waals surface area contributed by atoms with Crippen LogP contribution in [0.5, 0.6) is 0 Å². The summed E-state index contributed by atoms with van der Waals surface area (Å²) in [4.78, 5) is 7.41. The molecule has 0 spiro atoms. The number of nitrogens with zero attached hydrogens (tertiary/aromatic N) is 5. The largest absolute Gasteiger partial charge is 0.369 e. The fourth-order valence-electron chi connectivity index (χ4n) is 3.41. The molecule has 1 saturated heterocycles. The zero-order chi connectivity index (χ0) is 19.2. The van der Waals surface area contributed by atoms with Crippen molar-refractivity contribution in [1.82, 2.24) is 18.9 Å². The minimum atomic E-state index is -3.66. The first-order chi connectivity index (χ1) is 12.9. The maximum atomic E-state index is 13.5. The highest BCUT2D eigenvalue weighted by molar-refractivity contribution is 7.89. The first-order valence-electron chi connectivity index (χ1n) is 9.04. The molecule has 3 aromatic rings. The summed E-state index contributed by atoms with van der Waals surface area (Å²) in [5, 5.41) is 5.43. The number of benzene rings is 1. The van der Waals surface area contributed by atoms with E-state index in [0.29, 0.717) is 36.8 Å². The van der Waals surface area contributed by atoms with Crippen molar-refractivity contribution in [2.24, 2.45) is 0 Å². The Balaban J connectivity index is 1.65. The fraction of sp³-hybridized carbons (Fsp3) is 0.444. The van der Waals surface area contributed by atoms with E-state index in [0.717, 1.165) is 10.7 Å². The van der Waals surface area contributed by atoms with E-state index in [1.807, 2.05) is 39.0 Å². The lowest BCUT2D eigenvalue weighted by atomic mass is 10.2. The van der Waals surface area contributed by atoms with Crippen LogP contribution in [0, 0.1) is 6.92 Å². The van der Waals surface area contributed by atoms with E-state index in [9.17, 15) is 8.42 Å². The van der Waals surface area contributed by atoms with Gasteiger partial charge in [0, 0.05) is 31.9 Å². The van der Waals surface area contributed by atoms with Crippen LogP contribution in [0.25, 0.3) is 4.96 Å². The van der Waals surface area contributed by atoms with Gasteiger partial charge < -0.3 is 4.90 Å². The summed E-state index contributed by atoms with van der Waals surface area (Å²) >= 11 is 1.41. The van der Waals surface area contributed by atoms with Gasteiger partial charge in [-0.25, -0.2) is 13.4 Å². The SMILES string of the molecule is Cc1nn2c(S(=O)(=O)N3CCN(c4ccccc4)CC3)c(C(C)C)nc2s1. The molecular weight excluding hydrogens is 382 g/mol. The molecule has 0 saturated carbocycles. The lowest BCUT2D eigenvalue weighted by Gasteiger charge is -2.35. The third-order valence-electron chi connectivity index (χ3n) is 4.78. The average Bonchev–Trinajstić information content (AvgIpc) is 3.18. The van der Waals surface area contributed by atoms with Gasteiger partial charge in [-0.1, -0.05) is 43.4 Å². The molecule has 3 heterocycles. The van der Waals surface area contributed by atoms with Crippen molar-refractivity contribution in [2.45, 2.75) is 31.7 Å². The smallest absolute Gasteiger partial charge is 0.262 e. The van der Waals surface area contributed by atoms with Gasteiger partial charge >= 0.3 is 0 Å². The molecule has 1 fully saturated rings. The van der Waals surface area contributed by atoms with Crippen molar-refractivity contribution < 1.29 is 8.42 Å². The highest BCUT2D eigenvalue weighted by atomic mass is 32.2. The molecule has 1 aromatic carbocycles. The molecule has 0 unspecified atom stereocenters. The van der Waals surface area contributed by atoms with Gasteiger partial charge in [-0.15, -0.1) is 0 Å². The number of aromatic nitrogens is 3. The van der Waals surface area contributed by atoms with Crippen LogP contribution in [-0.4, -0.2) is 53.5 Å². The maximum absolute atomic E-state index is 13.5. The third kappa shape index (κ3) is 3.24. The average molecular weight is 406 g/mol. The molecule has 0 bridgehead atoms. The molecule has 0 atom stereocenters. The van der Waals surface area contributed by atoms with Crippen LogP contribution in [0.4, 0.5) is 5.69 Å². The minimum Gasteiger partial charge on any atom is -0.369 e. The lowest BCUT2D eigenvalue weighted by molar-refractivity contribution is 0.381. The minimum absolute atomic E-state index is 0.00888. The highest BCUT2D eigenvalue weighted by Crippen LogP contribution is 2.30. The quantitative estimate of drug-likeness (QED) is 0.667. The van der Waals surface area contributed by atoms with Crippen molar-refractivity contribution >= 4 is 32.0 Å². The first kappa shape index (κ1) is 18.4. The highest BCUT2D eigenvalue weighted by Gasteiger charge is 2.35. The van der Waals surface area contributed by atoms with Crippen LogP contribution >= 0.6 is 11.3 Å². The number of rotatable bonds is 4. The maximum Gasteiger partial charge on any atom is 0.262 e. The second kappa shape index (κ2) is 6.88. The number of para-hydroxylation sites is 1. The molecular formula is C18H23N5O2S2. The molecule has 144 valence electrons. The van der Waals surface area contributed by atoms with Crippen LogP contribution in [0.1, 0.15) is 30.5 Å². The van der Waals surface area contributed by atoms with Gasteiger partial charge in [-0.2, -0.15) is 13.9 Å². The molecule has 4 rings (SSSR count). The Morgan fingerprint density at radius 1 is 1.07 bits per heavy atom. The molecule has 0 amide bonds. The topological polar surface area (TPSA) is 70.8 Å². The number of piperazine rings is 1. The van der Waals surface area contributed by atoms with Crippen LogP contribution < -0.4 is 4.90 Å². The van der Waals surface area contributed by atoms with Crippen LogP contribution in [0.3, 0.4) is 0 Å². The van der Waals surface area contributed by atoms with Crippen molar-refractivity contribution in [2.75, 3.05) is 31.1 Å². The lowest BCUT2D eigenvalue weighted by Crippen LogP contribution is -2.49. The van der Waals surface area contributed by atoms with Crippen molar-refractivity contribution in [3.63, 3.8) is 0 Å². The summed E-state index contributed by atoms with van der Waals surface area (Å²) in [6.45, 7) is 8.02. The van der Waals surface area contributed by atoms with Gasteiger partial charge in [0.1, 0.15) is 5.01 Å². The summed E-state index contributed by atoms with van der Waals surface area (Å²) in [6.07, 6.45) is 0. The fourth-order valence-corrected chi connectivity index (χ4v) is 5.99. The molecule has 0 aliphatic carbocycles. The summed E-state index contributed by atoms with van der Waals surface area (Å²) in [7, 11) is -3.66. The standard InChI is InChI=1S/C18H23N5O2S2/c1-13(2)16-17(23-18(19-16)26-14(3)20-23)27(24,25)22-11-9-21(10-12-22)15-7-5-4-6-8-15/h4-8,13H,9-12H2,1-3H3. The van der Waals surface area contributed by atoms with Crippen molar-refractivity contribution in [3.05, 3.63) is 41.0 Å². The van der Waals surface area contributed by atoms with Gasteiger partial charge in [0.15, 0.2) is 5.03 Å². The van der Waals surface area contributed by atoms with Gasteiger partial charge in [0.05, 0.1) is 5.69 Å². The Hall–Kier alpha value is -1.97. The normalized spacial score (nSPS) is 16.5. The number of sulfonamides is 1. The molecule has 2 aromatic heterocycles. The first-order valence-corrected chi connectivity index (χ1v) is 11.3. The zero-order valence-electron chi connectivity index (χ0n) is 15.7. The molecule has 0 radical (unpaired) electrons. The summed E-state index contributed by atoms with van der Waals surface area (Å²) in [6, 6.07) is 10.1. The predicted molar refractivity (Wildman–Crippen MR) is 107 cm³/mol. The number of hydrogen-bond donors (Lipinski definition) is 0. The monoisotopic (exact) mass is 405 g/mol. The van der Waals surface area contributed by atoms with Gasteiger partial charge in [-0.05, 0) is 25.0 Å². The molecule has 7 nitrogen and oxygen atoms in total. The second-order valence-electron chi connectivity index (χ2n) is 7.00. The Morgan fingerprint density at radius 2 is 1.74 bits per heavy atom. The van der Waals surface area contributed by atoms with E-state index in [1.54, 1.807) is 4.31 Å². The Labute approximate surface area is 163 Å². The Kier molecular flexibility index (Phi) is 4.69. The number of hydrogen-bond acceptors (Lipinski definition) is 6. The van der Waals surface area contributed by atoms with E-state index in [2.05, 4.69) is 27.1 Å². The van der Waals surface area contributed by atoms with E-state index in [-0.39, 0.29) is 10.9 Å². The van der Waals surface area contributed by atoms with Crippen molar-refractivity contribution in [3.8, 4) is 0 Å². The molecule has 0 N–H and O–H groups in total. The summed E-state index contributed by atoms with van der Waals surface area (Å²) in [5.41, 5.74) is 1.72. The van der Waals surface area contributed by atoms with Crippen LogP contribution in [-0.2, 0) is 10.0 Å². The summed E-state index contributed by atoms with van der Waals surface area (Å²) in [5.74, 6) is 0.00888. The number of anilines is 1. The zero-order valence-corrected chi connectivity index (χ0v) is 17.3. The molecule has 27 heavy (non-hydrogen) atoms. The Morgan fingerprint density at radius 3 is 2.37 bits per heavy atom. The van der Waals surface area contributed by atoms with Crippen LogP contribution in [0.15, 0.2) is 35.4 Å². The number of aryl methyl sites for hydroxylation is 1. The molecule has 9 heteroatoms. The van der Waals surface area contributed by atoms with E-state index in [4.69, 9.17) is 0 Å². The molecule has 1 aliphatic rings.